The van der Waals surface area contributed by atoms with E-state index in [1.54, 1.807) is 12.0 Å². The Balaban J connectivity index is 1.83. The molecule has 2 atom stereocenters. The third-order valence-corrected chi connectivity index (χ3v) is 5.49. The number of carbonyl (C=O) groups is 2. The smallest absolute Gasteiger partial charge is 0.249 e. The van der Waals surface area contributed by atoms with Gasteiger partial charge in [0.1, 0.15) is 11.6 Å². The van der Waals surface area contributed by atoms with Gasteiger partial charge in [-0.2, -0.15) is 0 Å². The molecular formula is C15H24N2O3. The van der Waals surface area contributed by atoms with Gasteiger partial charge in [0.05, 0.1) is 12.1 Å². The minimum absolute atomic E-state index is 0.0374. The van der Waals surface area contributed by atoms with Gasteiger partial charge in [0.25, 0.3) is 0 Å². The van der Waals surface area contributed by atoms with Gasteiger partial charge < -0.3 is 15.0 Å². The van der Waals surface area contributed by atoms with Crippen LogP contribution in [0.3, 0.4) is 0 Å². The second kappa shape index (κ2) is 4.45. The molecule has 0 aromatic rings. The van der Waals surface area contributed by atoms with Crippen molar-refractivity contribution >= 4 is 11.8 Å². The Morgan fingerprint density at radius 1 is 1.35 bits per heavy atom. The molecular weight excluding hydrogens is 256 g/mol. The maximum atomic E-state index is 12.9. The first-order valence-electron chi connectivity index (χ1n) is 7.60. The summed E-state index contributed by atoms with van der Waals surface area (Å²) in [5.41, 5.74) is -0.936. The van der Waals surface area contributed by atoms with Crippen LogP contribution in [0.1, 0.15) is 46.0 Å². The Morgan fingerprint density at radius 3 is 2.45 bits per heavy atom. The molecule has 1 N–H and O–H groups in total. The first-order valence-corrected chi connectivity index (χ1v) is 7.60. The molecule has 2 aliphatic carbocycles. The van der Waals surface area contributed by atoms with Gasteiger partial charge in [-0.15, -0.1) is 0 Å². The van der Waals surface area contributed by atoms with Crippen molar-refractivity contribution in [2.24, 2.45) is 5.92 Å². The SMILES string of the molecule is COC1(CN2C(=O)C(C)(C3CC3)NC(=O)C2C)CCC1. The van der Waals surface area contributed by atoms with Crippen LogP contribution in [-0.2, 0) is 14.3 Å². The van der Waals surface area contributed by atoms with Gasteiger partial charge in [-0.05, 0) is 51.9 Å². The van der Waals surface area contributed by atoms with E-state index in [1.165, 1.54) is 0 Å². The van der Waals surface area contributed by atoms with Crippen LogP contribution in [0.2, 0.25) is 0 Å². The second-order valence-electron chi connectivity index (χ2n) is 6.82. The molecule has 0 bridgehead atoms. The number of nitrogens with one attached hydrogen (secondary N) is 1. The molecule has 5 nitrogen and oxygen atoms in total. The molecule has 112 valence electrons. The minimum atomic E-state index is -0.706. The lowest BCUT2D eigenvalue weighted by atomic mass is 9.78. The van der Waals surface area contributed by atoms with Crippen molar-refractivity contribution in [1.82, 2.24) is 10.2 Å². The largest absolute Gasteiger partial charge is 0.376 e. The quantitative estimate of drug-likeness (QED) is 0.838. The maximum absolute atomic E-state index is 12.9. The molecule has 5 heteroatoms. The van der Waals surface area contributed by atoms with Crippen LogP contribution in [-0.4, -0.2) is 47.6 Å². The molecule has 1 heterocycles. The van der Waals surface area contributed by atoms with E-state index in [4.69, 9.17) is 4.74 Å². The molecule has 1 aliphatic heterocycles. The van der Waals surface area contributed by atoms with Crippen molar-refractivity contribution in [3.63, 3.8) is 0 Å². The van der Waals surface area contributed by atoms with E-state index in [0.29, 0.717) is 12.5 Å². The molecule has 2 amide bonds. The number of carbonyl (C=O) groups excluding carboxylic acids is 2. The zero-order chi connectivity index (χ0) is 14.5. The summed E-state index contributed by atoms with van der Waals surface area (Å²) in [4.78, 5) is 26.9. The molecule has 1 saturated heterocycles. The zero-order valence-electron chi connectivity index (χ0n) is 12.6. The summed E-state index contributed by atoms with van der Waals surface area (Å²) in [5, 5.41) is 2.95. The van der Waals surface area contributed by atoms with E-state index in [0.717, 1.165) is 32.1 Å². The van der Waals surface area contributed by atoms with E-state index < -0.39 is 11.6 Å². The molecule has 0 aromatic heterocycles. The van der Waals surface area contributed by atoms with Gasteiger partial charge >= 0.3 is 0 Å². The normalized spacial score (nSPS) is 36.5. The monoisotopic (exact) mass is 280 g/mol. The summed E-state index contributed by atoms with van der Waals surface area (Å²) in [5.74, 6) is 0.328. The molecule has 2 unspecified atom stereocenters. The molecule has 20 heavy (non-hydrogen) atoms. The number of methoxy groups -OCH3 is 1. The molecule has 0 aromatic carbocycles. The van der Waals surface area contributed by atoms with E-state index in [9.17, 15) is 9.59 Å². The van der Waals surface area contributed by atoms with Crippen LogP contribution in [0.5, 0.6) is 0 Å². The number of piperazine rings is 1. The zero-order valence-corrected chi connectivity index (χ0v) is 12.6. The lowest BCUT2D eigenvalue weighted by Gasteiger charge is -2.49. The van der Waals surface area contributed by atoms with Crippen LogP contribution in [0.25, 0.3) is 0 Å². The lowest BCUT2D eigenvalue weighted by molar-refractivity contribution is -0.163. The summed E-state index contributed by atoms with van der Waals surface area (Å²) in [7, 11) is 1.71. The summed E-state index contributed by atoms with van der Waals surface area (Å²) in [6.45, 7) is 4.23. The summed E-state index contributed by atoms with van der Waals surface area (Å²) in [6.07, 6.45) is 5.14. The Bertz CT molecular complexity index is 437. The standard InChI is InChI=1S/C15H24N2O3/c1-10-12(18)16-14(2,11-5-6-11)13(19)17(10)9-15(20-3)7-4-8-15/h10-11H,4-9H2,1-3H3,(H,16,18). The van der Waals surface area contributed by atoms with E-state index in [2.05, 4.69) is 5.32 Å². The van der Waals surface area contributed by atoms with Crippen LogP contribution in [0.15, 0.2) is 0 Å². The number of nitrogens with zero attached hydrogens (tertiary/aromatic N) is 1. The number of amides is 2. The van der Waals surface area contributed by atoms with Crippen molar-refractivity contribution in [3.8, 4) is 0 Å². The van der Waals surface area contributed by atoms with Crippen molar-refractivity contribution < 1.29 is 14.3 Å². The Hall–Kier alpha value is -1.10. The molecule has 2 saturated carbocycles. The maximum Gasteiger partial charge on any atom is 0.249 e. The highest BCUT2D eigenvalue weighted by atomic mass is 16.5. The molecule has 3 rings (SSSR count). The van der Waals surface area contributed by atoms with Crippen molar-refractivity contribution in [3.05, 3.63) is 0 Å². The second-order valence-corrected chi connectivity index (χ2v) is 6.82. The first-order chi connectivity index (χ1) is 9.42. The van der Waals surface area contributed by atoms with Gasteiger partial charge in [0, 0.05) is 7.11 Å². The Morgan fingerprint density at radius 2 is 2.00 bits per heavy atom. The van der Waals surface area contributed by atoms with Gasteiger partial charge in [-0.3, -0.25) is 9.59 Å². The predicted molar refractivity (Wildman–Crippen MR) is 74.0 cm³/mol. The first kappa shape index (κ1) is 13.9. The summed E-state index contributed by atoms with van der Waals surface area (Å²) >= 11 is 0. The topological polar surface area (TPSA) is 58.6 Å². The fourth-order valence-corrected chi connectivity index (χ4v) is 3.48. The minimum Gasteiger partial charge on any atom is -0.376 e. The van der Waals surface area contributed by atoms with E-state index in [-0.39, 0.29) is 17.4 Å². The average molecular weight is 280 g/mol. The fraction of sp³-hybridized carbons (Fsp3) is 0.867. The van der Waals surface area contributed by atoms with Gasteiger partial charge in [-0.25, -0.2) is 0 Å². The molecule has 0 radical (unpaired) electrons. The number of rotatable bonds is 4. The highest BCUT2D eigenvalue weighted by Gasteiger charge is 2.56. The number of hydrogen-bond donors (Lipinski definition) is 1. The van der Waals surface area contributed by atoms with Crippen LogP contribution < -0.4 is 5.32 Å². The van der Waals surface area contributed by atoms with Crippen molar-refractivity contribution in [1.29, 1.82) is 0 Å². The van der Waals surface area contributed by atoms with Crippen LogP contribution in [0.4, 0.5) is 0 Å². The number of hydrogen-bond acceptors (Lipinski definition) is 3. The highest BCUT2D eigenvalue weighted by Crippen LogP contribution is 2.43. The van der Waals surface area contributed by atoms with Crippen LogP contribution in [0, 0.1) is 5.92 Å². The average Bonchev–Trinajstić information content (AvgIpc) is 3.20. The third kappa shape index (κ3) is 1.94. The lowest BCUT2D eigenvalue weighted by Crippen LogP contribution is -2.71. The number of ether oxygens (including phenoxy) is 1. The predicted octanol–water partition coefficient (Wildman–Crippen LogP) is 1.07. The van der Waals surface area contributed by atoms with Gasteiger partial charge in [0.2, 0.25) is 11.8 Å². The van der Waals surface area contributed by atoms with Crippen molar-refractivity contribution in [2.75, 3.05) is 13.7 Å². The van der Waals surface area contributed by atoms with Crippen molar-refractivity contribution in [2.45, 2.75) is 63.1 Å². The molecule has 3 aliphatic rings. The van der Waals surface area contributed by atoms with Gasteiger partial charge in [-0.1, -0.05) is 0 Å². The van der Waals surface area contributed by atoms with E-state index >= 15 is 0 Å². The Labute approximate surface area is 120 Å². The summed E-state index contributed by atoms with van der Waals surface area (Å²) in [6, 6.07) is -0.401. The van der Waals surface area contributed by atoms with Crippen LogP contribution >= 0.6 is 0 Å². The van der Waals surface area contributed by atoms with Gasteiger partial charge in [0.15, 0.2) is 0 Å². The molecule has 3 fully saturated rings. The fourth-order valence-electron chi connectivity index (χ4n) is 3.48. The Kier molecular flexibility index (Phi) is 3.08. The summed E-state index contributed by atoms with van der Waals surface area (Å²) < 4.78 is 5.63. The third-order valence-electron chi connectivity index (χ3n) is 5.49. The van der Waals surface area contributed by atoms with E-state index in [1.807, 2.05) is 13.8 Å². The highest BCUT2D eigenvalue weighted by molar-refractivity contribution is 5.99. The molecule has 0 spiro atoms.